The van der Waals surface area contributed by atoms with Gasteiger partial charge in [0.15, 0.2) is 0 Å². The van der Waals surface area contributed by atoms with Crippen LogP contribution < -0.4 is 0 Å². The van der Waals surface area contributed by atoms with Crippen LogP contribution in [-0.4, -0.2) is 0 Å². The fourth-order valence-corrected chi connectivity index (χ4v) is 4.74. The highest BCUT2D eigenvalue weighted by Crippen LogP contribution is 2.60. The monoisotopic (exact) mass is 360 g/mol. The number of hydrogen-bond donors (Lipinski definition) is 0. The van der Waals surface area contributed by atoms with Gasteiger partial charge in [0.2, 0.25) is 0 Å². The smallest absolute Gasteiger partial charge is 0.0887 e. The van der Waals surface area contributed by atoms with Crippen molar-refractivity contribution in [1.82, 2.24) is 0 Å². The Bertz CT molecular complexity index is 541. The molecule has 1 aliphatic rings. The van der Waals surface area contributed by atoms with Crippen LogP contribution in [-0.2, 0) is 5.41 Å². The summed E-state index contributed by atoms with van der Waals surface area (Å²) in [6, 6.07) is 12.5. The lowest BCUT2D eigenvalue weighted by Crippen LogP contribution is -2.12. The molecule has 1 aliphatic carbocycles. The molecule has 0 saturated heterocycles. The van der Waals surface area contributed by atoms with E-state index in [9.17, 15) is 0 Å². The molecule has 1 fully saturated rings. The van der Waals surface area contributed by atoms with Crippen molar-refractivity contribution in [2.45, 2.75) is 23.6 Å². The third-order valence-corrected chi connectivity index (χ3v) is 6.86. The van der Waals surface area contributed by atoms with Crippen LogP contribution in [0.15, 0.2) is 40.2 Å². The summed E-state index contributed by atoms with van der Waals surface area (Å²) >= 11 is 17.9. The molecule has 2 aromatic rings. The summed E-state index contributed by atoms with van der Waals surface area (Å²) in [4.78, 5) is 1.15. The number of alkyl halides is 1. The summed E-state index contributed by atoms with van der Waals surface area (Å²) in [5, 5.41) is 0.762. The van der Waals surface area contributed by atoms with E-state index in [4.69, 9.17) is 23.2 Å². The molecule has 1 saturated carbocycles. The topological polar surface area (TPSA) is 0 Å². The van der Waals surface area contributed by atoms with E-state index in [-0.39, 0.29) is 10.8 Å². The summed E-state index contributed by atoms with van der Waals surface area (Å²) in [5.74, 6) is 0. The Morgan fingerprint density at radius 1 is 1.22 bits per heavy atom. The molecule has 3 rings (SSSR count). The number of hydrogen-bond acceptors (Lipinski definition) is 1. The largest absolute Gasteiger partial charge is 0.130 e. The SMILES string of the molecule is Clc1cc(C(Cl)C2(c3ccccc3)CC2)sc1Br. The minimum atomic E-state index is 0.00806. The van der Waals surface area contributed by atoms with E-state index < -0.39 is 0 Å². The van der Waals surface area contributed by atoms with Gasteiger partial charge in [0.25, 0.3) is 0 Å². The first kappa shape index (κ1) is 13.0. The first-order valence-electron chi connectivity index (χ1n) is 5.78. The molecule has 0 bridgehead atoms. The first-order valence-corrected chi connectivity index (χ1v) is 8.20. The van der Waals surface area contributed by atoms with Gasteiger partial charge in [-0.05, 0) is 40.4 Å². The molecule has 4 heteroatoms. The lowest BCUT2D eigenvalue weighted by Gasteiger charge is -2.21. The maximum Gasteiger partial charge on any atom is 0.0887 e. The molecule has 1 heterocycles. The van der Waals surface area contributed by atoms with Crippen molar-refractivity contribution in [2.75, 3.05) is 0 Å². The molecule has 18 heavy (non-hydrogen) atoms. The molecular weight excluding hydrogens is 351 g/mol. The van der Waals surface area contributed by atoms with Gasteiger partial charge in [0.05, 0.1) is 14.2 Å². The van der Waals surface area contributed by atoms with E-state index in [1.54, 1.807) is 11.3 Å². The number of benzene rings is 1. The van der Waals surface area contributed by atoms with Crippen LogP contribution in [0, 0.1) is 0 Å². The average molecular weight is 362 g/mol. The molecule has 1 unspecified atom stereocenters. The zero-order valence-corrected chi connectivity index (χ0v) is 13.4. The van der Waals surface area contributed by atoms with E-state index in [1.165, 1.54) is 5.56 Å². The fraction of sp³-hybridized carbons (Fsp3) is 0.286. The molecule has 1 aromatic heterocycles. The van der Waals surface area contributed by atoms with E-state index >= 15 is 0 Å². The van der Waals surface area contributed by atoms with Crippen molar-refractivity contribution < 1.29 is 0 Å². The summed E-state index contributed by atoms with van der Waals surface area (Å²) < 4.78 is 0.966. The third kappa shape index (κ3) is 2.14. The minimum Gasteiger partial charge on any atom is -0.130 e. The summed E-state index contributed by atoms with van der Waals surface area (Å²) in [7, 11) is 0. The van der Waals surface area contributed by atoms with Crippen LogP contribution >= 0.6 is 50.5 Å². The second-order valence-corrected chi connectivity index (χ2v) is 7.90. The predicted molar refractivity (Wildman–Crippen MR) is 83.0 cm³/mol. The van der Waals surface area contributed by atoms with Gasteiger partial charge in [-0.3, -0.25) is 0 Å². The van der Waals surface area contributed by atoms with E-state index in [0.717, 1.165) is 26.5 Å². The molecule has 0 amide bonds. The van der Waals surface area contributed by atoms with Crippen LogP contribution in [0.1, 0.15) is 28.7 Å². The van der Waals surface area contributed by atoms with Gasteiger partial charge >= 0.3 is 0 Å². The van der Waals surface area contributed by atoms with Gasteiger partial charge in [-0.1, -0.05) is 41.9 Å². The van der Waals surface area contributed by atoms with Crippen LogP contribution in [0.2, 0.25) is 5.02 Å². The molecular formula is C14H11BrCl2S. The fourth-order valence-electron chi connectivity index (χ4n) is 2.35. The number of halogens is 3. The predicted octanol–water partition coefficient (Wildman–Crippen LogP) is 6.18. The summed E-state index contributed by atoms with van der Waals surface area (Å²) in [6.45, 7) is 0. The Labute approximate surface area is 129 Å². The highest BCUT2D eigenvalue weighted by molar-refractivity contribution is 9.11. The normalized spacial score (nSPS) is 18.6. The lowest BCUT2D eigenvalue weighted by molar-refractivity contribution is 0.670. The van der Waals surface area contributed by atoms with Crippen LogP contribution in [0.5, 0.6) is 0 Å². The van der Waals surface area contributed by atoms with Gasteiger partial charge in [-0.2, -0.15) is 0 Å². The van der Waals surface area contributed by atoms with Gasteiger partial charge in [0, 0.05) is 10.3 Å². The maximum absolute atomic E-state index is 6.71. The number of thiophene rings is 1. The van der Waals surface area contributed by atoms with Crippen molar-refractivity contribution >= 4 is 50.5 Å². The Morgan fingerprint density at radius 2 is 1.89 bits per heavy atom. The second kappa shape index (κ2) is 4.82. The number of rotatable bonds is 3. The highest BCUT2D eigenvalue weighted by atomic mass is 79.9. The van der Waals surface area contributed by atoms with E-state index in [0.29, 0.717) is 0 Å². The molecule has 0 nitrogen and oxygen atoms in total. The first-order chi connectivity index (χ1) is 8.63. The van der Waals surface area contributed by atoms with Crippen molar-refractivity contribution in [3.8, 4) is 0 Å². The van der Waals surface area contributed by atoms with Crippen molar-refractivity contribution in [2.24, 2.45) is 0 Å². The van der Waals surface area contributed by atoms with Crippen molar-refractivity contribution in [3.63, 3.8) is 0 Å². The molecule has 1 atom stereocenters. The van der Waals surface area contributed by atoms with Gasteiger partial charge in [-0.15, -0.1) is 22.9 Å². The standard InChI is InChI=1S/C14H11BrCl2S/c15-13-10(16)8-11(18-13)12(17)14(6-7-14)9-4-2-1-3-5-9/h1-5,8,12H,6-7H2. The Morgan fingerprint density at radius 3 is 2.39 bits per heavy atom. The maximum atomic E-state index is 6.71. The molecule has 94 valence electrons. The van der Waals surface area contributed by atoms with Gasteiger partial charge in [-0.25, -0.2) is 0 Å². The molecule has 0 N–H and O–H groups in total. The lowest BCUT2D eigenvalue weighted by atomic mass is 9.91. The zero-order valence-electron chi connectivity index (χ0n) is 9.50. The Kier molecular flexibility index (Phi) is 3.48. The Balaban J connectivity index is 1.95. The van der Waals surface area contributed by atoms with Crippen LogP contribution in [0.3, 0.4) is 0 Å². The van der Waals surface area contributed by atoms with E-state index in [2.05, 4.69) is 40.2 Å². The quantitative estimate of drug-likeness (QED) is 0.573. The van der Waals surface area contributed by atoms with Gasteiger partial charge in [0.1, 0.15) is 0 Å². The summed E-state index contributed by atoms with van der Waals surface area (Å²) in [6.07, 6.45) is 2.30. The minimum absolute atomic E-state index is 0.00806. The summed E-state index contributed by atoms with van der Waals surface area (Å²) in [5.41, 5.74) is 1.45. The molecule has 0 spiro atoms. The second-order valence-electron chi connectivity index (χ2n) is 4.66. The van der Waals surface area contributed by atoms with Crippen LogP contribution in [0.25, 0.3) is 0 Å². The van der Waals surface area contributed by atoms with Gasteiger partial charge < -0.3 is 0 Å². The van der Waals surface area contributed by atoms with E-state index in [1.807, 2.05) is 12.1 Å². The average Bonchev–Trinajstić information content (AvgIpc) is 3.13. The Hall–Kier alpha value is -0.0200. The molecule has 0 aliphatic heterocycles. The highest BCUT2D eigenvalue weighted by Gasteiger charge is 2.51. The van der Waals surface area contributed by atoms with Crippen LogP contribution in [0.4, 0.5) is 0 Å². The molecule has 1 aromatic carbocycles. The van der Waals surface area contributed by atoms with Crippen molar-refractivity contribution in [3.05, 3.63) is 55.6 Å². The zero-order chi connectivity index (χ0) is 12.8. The molecule has 0 radical (unpaired) electrons. The van der Waals surface area contributed by atoms with Crippen molar-refractivity contribution in [1.29, 1.82) is 0 Å². The third-order valence-electron chi connectivity index (χ3n) is 3.54.